The maximum absolute atomic E-state index is 14.1. The Hall–Kier alpha value is -2.89. The van der Waals surface area contributed by atoms with E-state index in [4.69, 9.17) is 0 Å². The minimum Gasteiger partial charge on any atom is -0.508 e. The van der Waals surface area contributed by atoms with Crippen molar-refractivity contribution in [3.63, 3.8) is 0 Å². The lowest BCUT2D eigenvalue weighted by Gasteiger charge is -2.06. The molecule has 3 aromatic rings. The van der Waals surface area contributed by atoms with Gasteiger partial charge in [0.25, 0.3) is 0 Å². The van der Waals surface area contributed by atoms with Crippen LogP contribution in [0.25, 0.3) is 16.8 Å². The topological polar surface area (TPSA) is 70.9 Å². The molecule has 100 valence electrons. The molecular formula is C14H10FN3O2. The monoisotopic (exact) mass is 271 g/mol. The molecule has 0 aliphatic rings. The summed E-state index contributed by atoms with van der Waals surface area (Å²) in [4.78, 5) is 11.4. The SMILES string of the molecule is O=c1[nH]ncn1-c1ccc(-c2cccc(O)c2)cc1F. The Balaban J connectivity index is 2.08. The molecule has 0 radical (unpaired) electrons. The van der Waals surface area contributed by atoms with Crippen LogP contribution in [0, 0.1) is 5.82 Å². The Morgan fingerprint density at radius 2 is 1.95 bits per heavy atom. The van der Waals surface area contributed by atoms with E-state index in [-0.39, 0.29) is 11.4 Å². The van der Waals surface area contributed by atoms with Gasteiger partial charge >= 0.3 is 5.69 Å². The number of aromatic amines is 1. The van der Waals surface area contributed by atoms with Crippen LogP contribution in [-0.4, -0.2) is 19.9 Å². The molecule has 5 nitrogen and oxygen atoms in total. The summed E-state index contributed by atoms with van der Waals surface area (Å²) in [6.45, 7) is 0. The maximum Gasteiger partial charge on any atom is 0.347 e. The van der Waals surface area contributed by atoms with E-state index in [2.05, 4.69) is 10.2 Å². The van der Waals surface area contributed by atoms with Crippen LogP contribution in [0.1, 0.15) is 0 Å². The summed E-state index contributed by atoms with van der Waals surface area (Å²) in [6.07, 6.45) is 1.22. The smallest absolute Gasteiger partial charge is 0.347 e. The minimum absolute atomic E-state index is 0.109. The molecule has 0 bridgehead atoms. The van der Waals surface area contributed by atoms with Gasteiger partial charge in [-0.15, -0.1) is 0 Å². The van der Waals surface area contributed by atoms with Crippen molar-refractivity contribution >= 4 is 0 Å². The Bertz CT molecular complexity index is 823. The lowest BCUT2D eigenvalue weighted by molar-refractivity contribution is 0.475. The second-order valence-corrected chi connectivity index (χ2v) is 4.25. The normalized spacial score (nSPS) is 10.7. The van der Waals surface area contributed by atoms with Gasteiger partial charge in [0.1, 0.15) is 17.9 Å². The van der Waals surface area contributed by atoms with Gasteiger partial charge < -0.3 is 5.11 Å². The number of halogens is 1. The number of nitrogens with one attached hydrogen (secondary N) is 1. The van der Waals surface area contributed by atoms with E-state index in [1.54, 1.807) is 30.3 Å². The Labute approximate surface area is 112 Å². The van der Waals surface area contributed by atoms with Crippen LogP contribution < -0.4 is 5.69 Å². The molecule has 0 aliphatic heterocycles. The molecule has 0 aliphatic carbocycles. The second kappa shape index (κ2) is 4.65. The molecule has 0 unspecified atom stereocenters. The highest BCUT2D eigenvalue weighted by Gasteiger charge is 2.09. The van der Waals surface area contributed by atoms with Gasteiger partial charge in [0.05, 0.1) is 5.69 Å². The molecule has 0 atom stereocenters. The number of phenols is 1. The molecule has 3 rings (SSSR count). The molecule has 2 aromatic carbocycles. The molecule has 1 heterocycles. The van der Waals surface area contributed by atoms with Gasteiger partial charge in [0, 0.05) is 0 Å². The third-order valence-corrected chi connectivity index (χ3v) is 2.94. The van der Waals surface area contributed by atoms with Crippen molar-refractivity contribution < 1.29 is 9.50 Å². The first-order valence-corrected chi connectivity index (χ1v) is 5.86. The van der Waals surface area contributed by atoms with Crippen molar-refractivity contribution in [2.45, 2.75) is 0 Å². The highest BCUT2D eigenvalue weighted by Crippen LogP contribution is 2.25. The lowest BCUT2D eigenvalue weighted by Crippen LogP contribution is -2.15. The fraction of sp³-hybridized carbons (Fsp3) is 0. The zero-order chi connectivity index (χ0) is 14.1. The number of aromatic hydroxyl groups is 1. The fourth-order valence-corrected chi connectivity index (χ4v) is 1.99. The lowest BCUT2D eigenvalue weighted by atomic mass is 10.0. The number of H-pyrrole nitrogens is 1. The average molecular weight is 271 g/mol. The number of aromatic nitrogens is 3. The Kier molecular flexibility index (Phi) is 2.83. The van der Waals surface area contributed by atoms with Crippen LogP contribution in [-0.2, 0) is 0 Å². The van der Waals surface area contributed by atoms with Crippen molar-refractivity contribution in [3.05, 3.63) is 65.1 Å². The van der Waals surface area contributed by atoms with Crippen molar-refractivity contribution in [2.75, 3.05) is 0 Å². The predicted molar refractivity (Wildman–Crippen MR) is 71.2 cm³/mol. The Morgan fingerprint density at radius 1 is 1.15 bits per heavy atom. The van der Waals surface area contributed by atoms with Gasteiger partial charge in [-0.3, -0.25) is 0 Å². The van der Waals surface area contributed by atoms with E-state index in [0.29, 0.717) is 11.1 Å². The zero-order valence-electron chi connectivity index (χ0n) is 10.2. The highest BCUT2D eigenvalue weighted by atomic mass is 19.1. The van der Waals surface area contributed by atoms with Gasteiger partial charge in [-0.05, 0) is 35.4 Å². The van der Waals surface area contributed by atoms with E-state index in [1.807, 2.05) is 0 Å². The number of hydrogen-bond acceptors (Lipinski definition) is 3. The first kappa shape index (κ1) is 12.2. The minimum atomic E-state index is -0.547. The summed E-state index contributed by atoms with van der Waals surface area (Å²) >= 11 is 0. The summed E-state index contributed by atoms with van der Waals surface area (Å²) in [5, 5.41) is 15.2. The average Bonchev–Trinajstić information content (AvgIpc) is 2.85. The van der Waals surface area contributed by atoms with E-state index < -0.39 is 11.5 Å². The molecule has 0 fully saturated rings. The molecule has 0 amide bonds. The number of hydrogen-bond donors (Lipinski definition) is 2. The quantitative estimate of drug-likeness (QED) is 0.749. The largest absolute Gasteiger partial charge is 0.508 e. The number of nitrogens with zero attached hydrogens (tertiary/aromatic N) is 2. The summed E-state index contributed by atoms with van der Waals surface area (Å²) in [6, 6.07) is 11.0. The fourth-order valence-electron chi connectivity index (χ4n) is 1.99. The van der Waals surface area contributed by atoms with Crippen molar-refractivity contribution in [3.8, 4) is 22.6 Å². The first-order valence-electron chi connectivity index (χ1n) is 5.86. The molecule has 0 saturated carbocycles. The molecular weight excluding hydrogens is 261 g/mol. The predicted octanol–water partition coefficient (Wildman–Crippen LogP) is 2.07. The third kappa shape index (κ3) is 2.07. The summed E-state index contributed by atoms with van der Waals surface area (Å²) in [7, 11) is 0. The first-order chi connectivity index (χ1) is 9.65. The number of benzene rings is 2. The van der Waals surface area contributed by atoms with Crippen LogP contribution in [0.5, 0.6) is 5.75 Å². The molecule has 0 saturated heterocycles. The van der Waals surface area contributed by atoms with Gasteiger partial charge in [-0.25, -0.2) is 18.9 Å². The standard InChI is InChI=1S/C14H10FN3O2/c15-12-7-10(9-2-1-3-11(19)6-9)4-5-13(12)18-8-16-17-14(18)20/h1-8,19H,(H,17,20). The van der Waals surface area contributed by atoms with E-state index in [0.717, 1.165) is 4.57 Å². The molecule has 6 heteroatoms. The van der Waals surface area contributed by atoms with Gasteiger partial charge in [0.15, 0.2) is 0 Å². The second-order valence-electron chi connectivity index (χ2n) is 4.25. The van der Waals surface area contributed by atoms with Gasteiger partial charge in [-0.2, -0.15) is 5.10 Å². The number of phenolic OH excluding ortho intramolecular Hbond substituents is 1. The van der Waals surface area contributed by atoms with Crippen LogP contribution in [0.3, 0.4) is 0 Å². The third-order valence-electron chi connectivity index (χ3n) is 2.94. The van der Waals surface area contributed by atoms with E-state index in [9.17, 15) is 14.3 Å². The zero-order valence-corrected chi connectivity index (χ0v) is 10.2. The summed E-state index contributed by atoms with van der Waals surface area (Å²) in [5.41, 5.74) is 0.912. The highest BCUT2D eigenvalue weighted by molar-refractivity contribution is 5.66. The van der Waals surface area contributed by atoms with Crippen LogP contribution in [0.2, 0.25) is 0 Å². The number of rotatable bonds is 2. The maximum atomic E-state index is 14.1. The van der Waals surface area contributed by atoms with Gasteiger partial charge in [-0.1, -0.05) is 18.2 Å². The molecule has 20 heavy (non-hydrogen) atoms. The van der Waals surface area contributed by atoms with E-state index >= 15 is 0 Å². The van der Waals surface area contributed by atoms with Crippen LogP contribution in [0.15, 0.2) is 53.6 Å². The summed E-state index contributed by atoms with van der Waals surface area (Å²) < 4.78 is 15.2. The van der Waals surface area contributed by atoms with Crippen molar-refractivity contribution in [1.29, 1.82) is 0 Å². The molecule has 0 spiro atoms. The summed E-state index contributed by atoms with van der Waals surface area (Å²) in [5.74, 6) is -0.438. The molecule has 1 aromatic heterocycles. The van der Waals surface area contributed by atoms with Gasteiger partial charge in [0.2, 0.25) is 0 Å². The van der Waals surface area contributed by atoms with Crippen LogP contribution in [0.4, 0.5) is 4.39 Å². The van der Waals surface area contributed by atoms with Crippen LogP contribution >= 0.6 is 0 Å². The van der Waals surface area contributed by atoms with E-state index in [1.165, 1.54) is 18.5 Å². The molecule has 2 N–H and O–H groups in total. The Morgan fingerprint density at radius 3 is 2.60 bits per heavy atom. The van der Waals surface area contributed by atoms with Crippen molar-refractivity contribution in [1.82, 2.24) is 14.8 Å². The van der Waals surface area contributed by atoms with Crippen molar-refractivity contribution in [2.24, 2.45) is 0 Å².